The van der Waals surface area contributed by atoms with Gasteiger partial charge in [0.2, 0.25) is 0 Å². The van der Waals surface area contributed by atoms with Crippen LogP contribution < -0.4 is 15.8 Å². The van der Waals surface area contributed by atoms with E-state index in [-0.39, 0.29) is 5.91 Å². The summed E-state index contributed by atoms with van der Waals surface area (Å²) >= 11 is 5.98. The number of benzene rings is 2. The number of nitrogen functional groups attached to an aromatic ring is 1. The molecule has 0 heterocycles. The Bertz CT molecular complexity index is 616. The van der Waals surface area contributed by atoms with Crippen LogP contribution in [0.5, 0.6) is 5.75 Å². The molecule has 3 N–H and O–H groups in total. The molecule has 0 saturated heterocycles. The lowest BCUT2D eigenvalue weighted by atomic mass is 10.2. The number of anilines is 2. The lowest BCUT2D eigenvalue weighted by molar-refractivity contribution is -0.122. The van der Waals surface area contributed by atoms with Crippen molar-refractivity contribution in [2.75, 3.05) is 11.1 Å². The molecule has 2 rings (SSSR count). The SMILES string of the molecule is C[C@H](Oc1ccccc1Cl)C(=O)Nc1cccc(N)c1. The largest absolute Gasteiger partial charge is 0.479 e. The van der Waals surface area contributed by atoms with E-state index >= 15 is 0 Å². The second-order valence-electron chi connectivity index (χ2n) is 4.31. The van der Waals surface area contributed by atoms with E-state index in [1.165, 1.54) is 0 Å². The third kappa shape index (κ3) is 3.65. The number of nitrogens with two attached hydrogens (primary N) is 1. The Hall–Kier alpha value is -2.20. The molecular formula is C15H15ClN2O2. The molecule has 0 radical (unpaired) electrons. The van der Waals surface area contributed by atoms with E-state index in [0.29, 0.717) is 22.1 Å². The lowest BCUT2D eigenvalue weighted by Crippen LogP contribution is -2.30. The van der Waals surface area contributed by atoms with Crippen molar-refractivity contribution in [2.24, 2.45) is 0 Å². The summed E-state index contributed by atoms with van der Waals surface area (Å²) in [6, 6.07) is 14.0. The molecule has 2 aromatic carbocycles. The van der Waals surface area contributed by atoms with Gasteiger partial charge in [0, 0.05) is 11.4 Å². The van der Waals surface area contributed by atoms with Crippen molar-refractivity contribution in [2.45, 2.75) is 13.0 Å². The fourth-order valence-electron chi connectivity index (χ4n) is 1.64. The van der Waals surface area contributed by atoms with Gasteiger partial charge < -0.3 is 15.8 Å². The summed E-state index contributed by atoms with van der Waals surface area (Å²) in [6.07, 6.45) is -0.670. The number of halogens is 1. The minimum atomic E-state index is -0.670. The predicted octanol–water partition coefficient (Wildman–Crippen LogP) is 3.33. The van der Waals surface area contributed by atoms with Gasteiger partial charge in [-0.1, -0.05) is 29.8 Å². The highest BCUT2D eigenvalue weighted by Gasteiger charge is 2.16. The molecule has 0 aliphatic rings. The van der Waals surface area contributed by atoms with Crippen LogP contribution in [0.3, 0.4) is 0 Å². The van der Waals surface area contributed by atoms with Gasteiger partial charge in [-0.2, -0.15) is 0 Å². The van der Waals surface area contributed by atoms with Crippen molar-refractivity contribution in [3.8, 4) is 5.75 Å². The molecule has 4 nitrogen and oxygen atoms in total. The Morgan fingerprint density at radius 1 is 1.25 bits per heavy atom. The maximum Gasteiger partial charge on any atom is 0.265 e. The predicted molar refractivity (Wildman–Crippen MR) is 81.0 cm³/mol. The van der Waals surface area contributed by atoms with Crippen molar-refractivity contribution in [3.63, 3.8) is 0 Å². The van der Waals surface area contributed by atoms with E-state index in [1.807, 2.05) is 0 Å². The third-order valence-corrected chi connectivity index (χ3v) is 2.98. The number of rotatable bonds is 4. The number of hydrogen-bond acceptors (Lipinski definition) is 3. The van der Waals surface area contributed by atoms with Crippen LogP contribution in [-0.2, 0) is 4.79 Å². The molecule has 0 unspecified atom stereocenters. The smallest absolute Gasteiger partial charge is 0.265 e. The highest BCUT2D eigenvalue weighted by atomic mass is 35.5. The second kappa shape index (κ2) is 6.30. The first-order valence-corrected chi connectivity index (χ1v) is 6.51. The molecule has 0 saturated carbocycles. The summed E-state index contributed by atoms with van der Waals surface area (Å²) in [7, 11) is 0. The van der Waals surface area contributed by atoms with Gasteiger partial charge in [0.05, 0.1) is 5.02 Å². The molecule has 0 aliphatic carbocycles. The van der Waals surface area contributed by atoms with Gasteiger partial charge in [0.25, 0.3) is 5.91 Å². The van der Waals surface area contributed by atoms with Crippen molar-refractivity contribution in [1.29, 1.82) is 0 Å². The summed E-state index contributed by atoms with van der Waals surface area (Å²) in [5.41, 5.74) is 6.87. The van der Waals surface area contributed by atoms with Crippen molar-refractivity contribution in [3.05, 3.63) is 53.6 Å². The van der Waals surface area contributed by atoms with Gasteiger partial charge >= 0.3 is 0 Å². The fourth-order valence-corrected chi connectivity index (χ4v) is 1.82. The van der Waals surface area contributed by atoms with Gasteiger partial charge in [0.1, 0.15) is 5.75 Å². The van der Waals surface area contributed by atoms with Gasteiger partial charge in [-0.25, -0.2) is 0 Å². The zero-order valence-corrected chi connectivity index (χ0v) is 11.7. The van der Waals surface area contributed by atoms with Crippen LogP contribution in [-0.4, -0.2) is 12.0 Å². The first-order valence-electron chi connectivity index (χ1n) is 6.14. The Morgan fingerprint density at radius 3 is 2.70 bits per heavy atom. The van der Waals surface area contributed by atoms with Crippen LogP contribution in [0, 0.1) is 0 Å². The second-order valence-corrected chi connectivity index (χ2v) is 4.71. The molecule has 1 atom stereocenters. The highest BCUT2D eigenvalue weighted by molar-refractivity contribution is 6.32. The maximum atomic E-state index is 12.0. The Kier molecular flexibility index (Phi) is 4.48. The first-order chi connectivity index (χ1) is 9.56. The minimum Gasteiger partial charge on any atom is -0.479 e. The van der Waals surface area contributed by atoms with Crippen LogP contribution in [0.25, 0.3) is 0 Å². The molecule has 0 bridgehead atoms. The summed E-state index contributed by atoms with van der Waals surface area (Å²) in [6.45, 7) is 1.66. The number of carbonyl (C=O) groups is 1. The van der Waals surface area contributed by atoms with E-state index in [4.69, 9.17) is 22.1 Å². The highest BCUT2D eigenvalue weighted by Crippen LogP contribution is 2.24. The molecule has 0 spiro atoms. The van der Waals surface area contributed by atoms with E-state index in [1.54, 1.807) is 55.5 Å². The molecule has 5 heteroatoms. The van der Waals surface area contributed by atoms with E-state index in [9.17, 15) is 4.79 Å². The molecule has 0 fully saturated rings. The molecule has 1 amide bonds. The van der Waals surface area contributed by atoms with E-state index < -0.39 is 6.10 Å². The average molecular weight is 291 g/mol. The first kappa shape index (κ1) is 14.2. The van der Waals surface area contributed by atoms with Crippen molar-refractivity contribution >= 4 is 28.9 Å². The Labute approximate surface area is 122 Å². The molecule has 0 aliphatic heterocycles. The quantitative estimate of drug-likeness (QED) is 0.849. The number of amides is 1. The van der Waals surface area contributed by atoms with Crippen LogP contribution in [0.15, 0.2) is 48.5 Å². The number of ether oxygens (including phenoxy) is 1. The molecule has 20 heavy (non-hydrogen) atoms. The number of carbonyl (C=O) groups excluding carboxylic acids is 1. The summed E-state index contributed by atoms with van der Waals surface area (Å²) in [5, 5.41) is 3.20. The maximum absolute atomic E-state index is 12.0. The summed E-state index contributed by atoms with van der Waals surface area (Å²) in [5.74, 6) is 0.208. The summed E-state index contributed by atoms with van der Waals surface area (Å²) in [4.78, 5) is 12.0. The Balaban J connectivity index is 2.01. The van der Waals surface area contributed by atoms with Crippen molar-refractivity contribution < 1.29 is 9.53 Å². The number of nitrogens with one attached hydrogen (secondary N) is 1. The topological polar surface area (TPSA) is 64.3 Å². The monoisotopic (exact) mass is 290 g/mol. The minimum absolute atomic E-state index is 0.268. The van der Waals surface area contributed by atoms with Crippen molar-refractivity contribution in [1.82, 2.24) is 0 Å². The van der Waals surface area contributed by atoms with Crippen LogP contribution in [0.4, 0.5) is 11.4 Å². The van der Waals surface area contributed by atoms with Crippen LogP contribution >= 0.6 is 11.6 Å². The van der Waals surface area contributed by atoms with Gasteiger partial charge in [0.15, 0.2) is 6.10 Å². The number of para-hydroxylation sites is 1. The average Bonchev–Trinajstić information content (AvgIpc) is 2.41. The van der Waals surface area contributed by atoms with E-state index in [0.717, 1.165) is 0 Å². The summed E-state index contributed by atoms with van der Waals surface area (Å²) < 4.78 is 5.53. The van der Waals surface area contributed by atoms with Gasteiger partial charge in [-0.05, 0) is 37.3 Å². The molecular weight excluding hydrogens is 276 g/mol. The number of hydrogen-bond donors (Lipinski definition) is 2. The van der Waals surface area contributed by atoms with Gasteiger partial charge in [-0.15, -0.1) is 0 Å². The van der Waals surface area contributed by atoms with Gasteiger partial charge in [-0.3, -0.25) is 4.79 Å². The van der Waals surface area contributed by atoms with Crippen LogP contribution in [0.2, 0.25) is 5.02 Å². The fraction of sp³-hybridized carbons (Fsp3) is 0.133. The Morgan fingerprint density at radius 2 is 2.00 bits per heavy atom. The molecule has 2 aromatic rings. The zero-order valence-electron chi connectivity index (χ0n) is 11.0. The molecule has 104 valence electrons. The van der Waals surface area contributed by atoms with Crippen LogP contribution in [0.1, 0.15) is 6.92 Å². The van der Waals surface area contributed by atoms with E-state index in [2.05, 4.69) is 5.32 Å². The molecule has 0 aromatic heterocycles. The zero-order chi connectivity index (χ0) is 14.5. The standard InChI is InChI=1S/C15H15ClN2O2/c1-10(20-14-8-3-2-7-13(14)16)15(19)18-12-6-4-5-11(17)9-12/h2-10H,17H2,1H3,(H,18,19)/t10-/m0/s1. The lowest BCUT2D eigenvalue weighted by Gasteiger charge is -2.15. The third-order valence-electron chi connectivity index (χ3n) is 2.66. The normalized spacial score (nSPS) is 11.7.